The number of ketones is 1. The van der Waals surface area contributed by atoms with E-state index in [1.165, 1.54) is 16.3 Å². The molecule has 2 aromatic carbocycles. The summed E-state index contributed by atoms with van der Waals surface area (Å²) in [4.78, 5) is 12.1. The van der Waals surface area contributed by atoms with Crippen molar-refractivity contribution in [3.05, 3.63) is 60.2 Å². The van der Waals surface area contributed by atoms with Crippen molar-refractivity contribution in [3.8, 4) is 0 Å². The third-order valence-corrected chi connectivity index (χ3v) is 3.71. The van der Waals surface area contributed by atoms with Crippen LogP contribution >= 0.6 is 0 Å². The van der Waals surface area contributed by atoms with Gasteiger partial charge in [0, 0.05) is 18.3 Å². The molecule has 0 aliphatic carbocycles. The average molecular weight is 266 g/mol. The van der Waals surface area contributed by atoms with E-state index in [1.54, 1.807) is 0 Å². The van der Waals surface area contributed by atoms with Gasteiger partial charge in [0.25, 0.3) is 0 Å². The third kappa shape index (κ3) is 3.16. The van der Waals surface area contributed by atoms with Crippen LogP contribution in [-0.2, 0) is 4.79 Å². The monoisotopic (exact) mass is 266 g/mol. The van der Waals surface area contributed by atoms with E-state index in [1.807, 2.05) is 26.8 Å². The summed E-state index contributed by atoms with van der Waals surface area (Å²) in [5.41, 5.74) is 1.25. The van der Waals surface area contributed by atoms with Crippen LogP contribution in [-0.4, -0.2) is 5.78 Å². The Balaban J connectivity index is 2.44. The maximum atomic E-state index is 12.1. The van der Waals surface area contributed by atoms with Crippen LogP contribution in [0.1, 0.15) is 38.7 Å². The Morgan fingerprint density at radius 1 is 1.10 bits per heavy atom. The van der Waals surface area contributed by atoms with Gasteiger partial charge in [-0.05, 0) is 23.3 Å². The molecule has 1 atom stereocenters. The Kier molecular flexibility index (Phi) is 4.73. The number of carbonyl (C=O) groups is 1. The molecular weight excluding hydrogens is 244 g/mol. The van der Waals surface area contributed by atoms with Crippen molar-refractivity contribution in [2.24, 2.45) is 5.92 Å². The molecule has 1 heteroatoms. The zero-order valence-electron chi connectivity index (χ0n) is 12.5. The summed E-state index contributed by atoms with van der Waals surface area (Å²) in [6, 6.07) is 14.7. The number of benzene rings is 2. The maximum absolute atomic E-state index is 12.1. The summed E-state index contributed by atoms with van der Waals surface area (Å²) in [5.74, 6) is 0.583. The van der Waals surface area contributed by atoms with Crippen LogP contribution in [0.4, 0.5) is 0 Å². The second-order valence-electron chi connectivity index (χ2n) is 5.53. The minimum absolute atomic E-state index is 0.0951. The van der Waals surface area contributed by atoms with Gasteiger partial charge in [-0.1, -0.05) is 68.5 Å². The summed E-state index contributed by atoms with van der Waals surface area (Å²) in [6.07, 6.45) is 4.76. The van der Waals surface area contributed by atoms with Gasteiger partial charge < -0.3 is 0 Å². The van der Waals surface area contributed by atoms with E-state index in [2.05, 4.69) is 48.5 Å². The second-order valence-corrected chi connectivity index (χ2v) is 5.53. The van der Waals surface area contributed by atoms with Crippen molar-refractivity contribution < 1.29 is 4.79 Å². The van der Waals surface area contributed by atoms with E-state index in [4.69, 9.17) is 0 Å². The zero-order chi connectivity index (χ0) is 14.5. The van der Waals surface area contributed by atoms with Gasteiger partial charge in [-0.2, -0.15) is 0 Å². The van der Waals surface area contributed by atoms with Gasteiger partial charge in [-0.3, -0.25) is 4.79 Å². The summed E-state index contributed by atoms with van der Waals surface area (Å²) in [7, 11) is 0. The first-order valence-electron chi connectivity index (χ1n) is 7.26. The van der Waals surface area contributed by atoms with Crippen LogP contribution < -0.4 is 0 Å². The molecule has 0 heterocycles. The van der Waals surface area contributed by atoms with Gasteiger partial charge in [0.1, 0.15) is 5.78 Å². The normalized spacial score (nSPS) is 13.2. The van der Waals surface area contributed by atoms with E-state index >= 15 is 0 Å². The third-order valence-electron chi connectivity index (χ3n) is 3.71. The maximum Gasteiger partial charge on any atom is 0.136 e. The van der Waals surface area contributed by atoms with Gasteiger partial charge in [-0.25, -0.2) is 0 Å². The highest BCUT2D eigenvalue weighted by Gasteiger charge is 2.17. The molecule has 0 amide bonds. The fraction of sp³-hybridized carbons (Fsp3) is 0.316. The Morgan fingerprint density at radius 2 is 1.80 bits per heavy atom. The second kappa shape index (κ2) is 6.51. The minimum atomic E-state index is 0.0951. The zero-order valence-corrected chi connectivity index (χ0v) is 12.5. The summed E-state index contributed by atoms with van der Waals surface area (Å²) >= 11 is 0. The van der Waals surface area contributed by atoms with Crippen molar-refractivity contribution in [3.63, 3.8) is 0 Å². The van der Waals surface area contributed by atoms with Crippen LogP contribution in [0, 0.1) is 5.92 Å². The van der Waals surface area contributed by atoms with Crippen LogP contribution in [0.2, 0.25) is 0 Å². The minimum Gasteiger partial charge on any atom is -0.299 e. The molecule has 0 saturated carbocycles. The van der Waals surface area contributed by atoms with E-state index in [9.17, 15) is 4.79 Å². The quantitative estimate of drug-likeness (QED) is 0.687. The van der Waals surface area contributed by atoms with Crippen LogP contribution in [0.25, 0.3) is 10.8 Å². The SMILES string of the molecule is C/C=C/C(CC(=O)C(C)C)c1cccc2ccccc12. The van der Waals surface area contributed by atoms with Gasteiger partial charge >= 0.3 is 0 Å². The molecule has 0 bridgehead atoms. The molecule has 0 aliphatic rings. The molecule has 1 unspecified atom stereocenters. The first kappa shape index (κ1) is 14.5. The molecular formula is C19H22O. The molecule has 0 radical (unpaired) electrons. The molecule has 0 aromatic heterocycles. The first-order valence-corrected chi connectivity index (χ1v) is 7.26. The Labute approximate surface area is 121 Å². The van der Waals surface area contributed by atoms with E-state index in [0.717, 1.165) is 0 Å². The fourth-order valence-corrected chi connectivity index (χ4v) is 2.54. The number of rotatable bonds is 5. The van der Waals surface area contributed by atoms with Gasteiger partial charge in [0.2, 0.25) is 0 Å². The molecule has 1 nitrogen and oxygen atoms in total. The highest BCUT2D eigenvalue weighted by Crippen LogP contribution is 2.30. The summed E-state index contributed by atoms with van der Waals surface area (Å²) < 4.78 is 0. The highest BCUT2D eigenvalue weighted by atomic mass is 16.1. The smallest absolute Gasteiger partial charge is 0.136 e. The standard InChI is InChI=1S/C19H22O/c1-4-8-16(13-19(20)14(2)3)18-12-7-10-15-9-5-6-11-17(15)18/h4-12,14,16H,13H2,1-3H3/b8-4+. The van der Waals surface area contributed by atoms with Crippen molar-refractivity contribution in [2.45, 2.75) is 33.1 Å². The van der Waals surface area contributed by atoms with Crippen LogP contribution in [0.3, 0.4) is 0 Å². The predicted octanol–water partition coefficient (Wildman–Crippen LogP) is 5.11. The average Bonchev–Trinajstić information content (AvgIpc) is 2.46. The van der Waals surface area contributed by atoms with Crippen molar-refractivity contribution >= 4 is 16.6 Å². The van der Waals surface area contributed by atoms with E-state index in [0.29, 0.717) is 12.2 Å². The molecule has 0 saturated heterocycles. The van der Waals surface area contributed by atoms with Crippen molar-refractivity contribution in [1.29, 1.82) is 0 Å². The molecule has 0 N–H and O–H groups in total. The number of hydrogen-bond acceptors (Lipinski definition) is 1. The predicted molar refractivity (Wildman–Crippen MR) is 86.0 cm³/mol. The molecule has 0 spiro atoms. The fourth-order valence-electron chi connectivity index (χ4n) is 2.54. The Hall–Kier alpha value is -1.89. The summed E-state index contributed by atoms with van der Waals surface area (Å²) in [6.45, 7) is 5.95. The van der Waals surface area contributed by atoms with Gasteiger partial charge in [-0.15, -0.1) is 0 Å². The topological polar surface area (TPSA) is 17.1 Å². The number of carbonyl (C=O) groups excluding carboxylic acids is 1. The largest absolute Gasteiger partial charge is 0.299 e. The van der Waals surface area contributed by atoms with E-state index < -0.39 is 0 Å². The molecule has 2 rings (SSSR count). The lowest BCUT2D eigenvalue weighted by Gasteiger charge is -2.16. The van der Waals surface area contributed by atoms with Crippen LogP contribution in [0.15, 0.2) is 54.6 Å². The van der Waals surface area contributed by atoms with Crippen molar-refractivity contribution in [2.75, 3.05) is 0 Å². The molecule has 20 heavy (non-hydrogen) atoms. The summed E-state index contributed by atoms with van der Waals surface area (Å²) in [5, 5.41) is 2.48. The lowest BCUT2D eigenvalue weighted by molar-refractivity contribution is -0.122. The first-order chi connectivity index (χ1) is 9.63. The molecule has 104 valence electrons. The molecule has 2 aromatic rings. The highest BCUT2D eigenvalue weighted by molar-refractivity contribution is 5.88. The van der Waals surface area contributed by atoms with E-state index in [-0.39, 0.29) is 11.8 Å². The Morgan fingerprint density at radius 3 is 2.50 bits per heavy atom. The van der Waals surface area contributed by atoms with Crippen LogP contribution in [0.5, 0.6) is 0 Å². The molecule has 0 aliphatic heterocycles. The number of hydrogen-bond donors (Lipinski definition) is 0. The van der Waals surface area contributed by atoms with Gasteiger partial charge in [0.05, 0.1) is 0 Å². The lowest BCUT2D eigenvalue weighted by Crippen LogP contribution is -2.11. The van der Waals surface area contributed by atoms with Crippen molar-refractivity contribution in [1.82, 2.24) is 0 Å². The Bertz CT molecular complexity index is 617. The van der Waals surface area contributed by atoms with Gasteiger partial charge in [0.15, 0.2) is 0 Å². The molecule has 0 fully saturated rings. The number of allylic oxidation sites excluding steroid dienone is 2. The number of fused-ring (bicyclic) bond motifs is 1. The lowest BCUT2D eigenvalue weighted by atomic mass is 9.87. The number of Topliss-reactive ketones (excluding diaryl/α,β-unsaturated/α-hetero) is 1.